The maximum absolute atomic E-state index is 13.4. The standard InChI is InChI=1S/C16H13BrFN5.C4H8O.CH5N/c1-9-15(17)16(19)23-22-8-12(7-20-9)11-4-10-5-13(18)2-3-14(10)21-6-11;1-2-4-5-3-1;1-2/h2-8,23H,19H2,1H3;1-4H2;2H2,1H3. The summed E-state index contributed by atoms with van der Waals surface area (Å²) in [5.74, 6) is 0.0702. The quantitative estimate of drug-likeness (QED) is 0.481. The highest BCUT2D eigenvalue weighted by atomic mass is 79.9. The van der Waals surface area contributed by atoms with Gasteiger partial charge in [-0.2, -0.15) is 5.10 Å². The number of anilines is 1. The van der Waals surface area contributed by atoms with Crippen LogP contribution in [-0.4, -0.2) is 40.4 Å². The number of aromatic amines is 1. The van der Waals surface area contributed by atoms with Gasteiger partial charge in [-0.25, -0.2) is 4.39 Å². The van der Waals surface area contributed by atoms with Crippen molar-refractivity contribution in [2.45, 2.75) is 19.8 Å². The van der Waals surface area contributed by atoms with Crippen molar-refractivity contribution in [3.8, 4) is 11.1 Å². The van der Waals surface area contributed by atoms with Crippen molar-refractivity contribution < 1.29 is 9.13 Å². The first kappa shape index (κ1) is 23.7. The Labute approximate surface area is 183 Å². The van der Waals surface area contributed by atoms with Gasteiger partial charge < -0.3 is 16.2 Å². The van der Waals surface area contributed by atoms with Gasteiger partial charge in [-0.3, -0.25) is 15.1 Å². The molecule has 0 amide bonds. The van der Waals surface area contributed by atoms with Crippen LogP contribution < -0.4 is 11.5 Å². The molecule has 1 aliphatic rings. The molecule has 1 aromatic carbocycles. The lowest BCUT2D eigenvalue weighted by Crippen LogP contribution is -1.91. The topological polar surface area (TPSA) is 116 Å². The van der Waals surface area contributed by atoms with E-state index in [2.05, 4.69) is 41.8 Å². The van der Waals surface area contributed by atoms with Gasteiger partial charge in [-0.15, -0.1) is 0 Å². The zero-order valence-electron chi connectivity index (χ0n) is 17.0. The third-order valence-corrected chi connectivity index (χ3v) is 5.15. The molecule has 4 rings (SSSR count). The number of pyridine rings is 1. The lowest BCUT2D eigenvalue weighted by Gasteiger charge is -2.01. The molecular formula is C21H26BrFN6O. The van der Waals surface area contributed by atoms with Crippen LogP contribution in [0.2, 0.25) is 0 Å². The van der Waals surface area contributed by atoms with E-state index in [1.165, 1.54) is 32.0 Å². The van der Waals surface area contributed by atoms with Gasteiger partial charge in [0.05, 0.1) is 21.9 Å². The third kappa shape index (κ3) is 6.72. The number of benzene rings is 1. The van der Waals surface area contributed by atoms with Crippen molar-refractivity contribution >= 4 is 32.7 Å². The van der Waals surface area contributed by atoms with Crippen LogP contribution in [0.25, 0.3) is 22.0 Å². The van der Waals surface area contributed by atoms with E-state index in [0.717, 1.165) is 29.9 Å². The molecule has 30 heavy (non-hydrogen) atoms. The molecule has 3 aromatic rings. The van der Waals surface area contributed by atoms with Crippen molar-refractivity contribution in [1.29, 1.82) is 0 Å². The summed E-state index contributed by atoms with van der Waals surface area (Å²) in [5.41, 5.74) is 13.3. The van der Waals surface area contributed by atoms with Crippen LogP contribution in [0.3, 0.4) is 0 Å². The summed E-state index contributed by atoms with van der Waals surface area (Å²) < 4.78 is 19.0. The van der Waals surface area contributed by atoms with Crippen LogP contribution in [0.15, 0.2) is 47.3 Å². The molecule has 2 aromatic heterocycles. The molecule has 0 unspecified atom stereocenters. The van der Waals surface area contributed by atoms with Gasteiger partial charge in [-0.1, -0.05) is 0 Å². The molecule has 9 heteroatoms. The summed E-state index contributed by atoms with van der Waals surface area (Å²) in [6, 6.07) is 6.32. The molecule has 1 saturated heterocycles. The summed E-state index contributed by atoms with van der Waals surface area (Å²) in [6.07, 6.45) is 7.52. The number of aromatic nitrogens is 4. The number of rotatable bonds is 1. The summed E-state index contributed by atoms with van der Waals surface area (Å²) in [5, 5.41) is 7.52. The Morgan fingerprint density at radius 1 is 1.03 bits per heavy atom. The third-order valence-electron chi connectivity index (χ3n) is 4.14. The fourth-order valence-corrected chi connectivity index (χ4v) is 2.78. The van der Waals surface area contributed by atoms with Gasteiger partial charge in [-0.05, 0) is 67.0 Å². The predicted octanol–water partition coefficient (Wildman–Crippen LogP) is 4.31. The minimum Gasteiger partial charge on any atom is -0.383 e. The first-order chi connectivity index (χ1) is 14.5. The zero-order chi connectivity index (χ0) is 21.9. The normalized spacial score (nSPS) is 12.3. The SMILES string of the molecule is C1CCOC1.CN.Cc1ncc(-c2cnc3ccc(F)cc3c2)cn[nH]c(N)c1Br. The Morgan fingerprint density at radius 2 is 1.73 bits per heavy atom. The van der Waals surface area contributed by atoms with E-state index < -0.39 is 0 Å². The first-order valence-corrected chi connectivity index (χ1v) is 10.2. The van der Waals surface area contributed by atoms with Crippen LogP contribution >= 0.6 is 15.9 Å². The molecule has 3 heterocycles. The lowest BCUT2D eigenvalue weighted by molar-refractivity contribution is 0.198. The van der Waals surface area contributed by atoms with Crippen molar-refractivity contribution in [2.75, 3.05) is 26.0 Å². The second-order valence-electron chi connectivity index (χ2n) is 6.28. The molecule has 0 atom stereocenters. The fraction of sp³-hybridized carbons (Fsp3) is 0.286. The van der Waals surface area contributed by atoms with Crippen LogP contribution in [0.5, 0.6) is 0 Å². The first-order valence-electron chi connectivity index (χ1n) is 9.45. The molecule has 160 valence electrons. The number of nitrogens with zero attached hydrogens (tertiary/aromatic N) is 3. The highest BCUT2D eigenvalue weighted by Gasteiger charge is 2.03. The monoisotopic (exact) mass is 476 g/mol. The van der Waals surface area contributed by atoms with E-state index >= 15 is 0 Å². The van der Waals surface area contributed by atoms with Gasteiger partial charge in [0.15, 0.2) is 0 Å². The predicted molar refractivity (Wildman–Crippen MR) is 122 cm³/mol. The number of nitrogen functional groups attached to an aromatic ring is 1. The number of H-pyrrole nitrogens is 1. The van der Waals surface area contributed by atoms with Gasteiger partial charge >= 0.3 is 0 Å². The highest BCUT2D eigenvalue weighted by molar-refractivity contribution is 9.10. The largest absolute Gasteiger partial charge is 0.383 e. The Bertz CT molecular complexity index is 1010. The molecule has 0 bridgehead atoms. The van der Waals surface area contributed by atoms with Crippen LogP contribution in [0.4, 0.5) is 10.2 Å². The lowest BCUT2D eigenvalue weighted by atomic mass is 10.1. The number of aryl methyl sites for hydroxylation is 1. The fourth-order valence-electron chi connectivity index (χ4n) is 2.59. The summed E-state index contributed by atoms with van der Waals surface area (Å²) >= 11 is 3.36. The smallest absolute Gasteiger partial charge is 0.133 e. The van der Waals surface area contributed by atoms with Gasteiger partial charge in [0.25, 0.3) is 0 Å². The van der Waals surface area contributed by atoms with Gasteiger partial charge in [0, 0.05) is 42.1 Å². The van der Waals surface area contributed by atoms with E-state index in [4.69, 9.17) is 10.5 Å². The molecule has 0 aliphatic carbocycles. The zero-order valence-corrected chi connectivity index (χ0v) is 18.6. The molecular weight excluding hydrogens is 451 g/mol. The number of nitrogens with one attached hydrogen (secondary N) is 1. The van der Waals surface area contributed by atoms with Crippen molar-refractivity contribution in [1.82, 2.24) is 20.2 Å². The van der Waals surface area contributed by atoms with Crippen molar-refractivity contribution in [3.63, 3.8) is 0 Å². The number of halogens is 2. The number of fused-ring (bicyclic) bond motifs is 1. The molecule has 0 radical (unpaired) electrons. The molecule has 0 saturated carbocycles. The van der Waals surface area contributed by atoms with Gasteiger partial charge in [0.1, 0.15) is 11.6 Å². The maximum Gasteiger partial charge on any atom is 0.133 e. The van der Waals surface area contributed by atoms with E-state index in [0.29, 0.717) is 21.4 Å². The maximum atomic E-state index is 13.4. The van der Waals surface area contributed by atoms with Crippen molar-refractivity contribution in [2.24, 2.45) is 5.73 Å². The Hall–Kier alpha value is -2.62. The summed E-state index contributed by atoms with van der Waals surface area (Å²) in [7, 11) is 1.50. The average molecular weight is 477 g/mol. The van der Waals surface area contributed by atoms with Gasteiger partial charge in [0.2, 0.25) is 0 Å². The second-order valence-corrected chi connectivity index (χ2v) is 7.07. The van der Waals surface area contributed by atoms with Crippen LogP contribution in [0.1, 0.15) is 18.5 Å². The molecule has 7 nitrogen and oxygen atoms in total. The molecule has 0 spiro atoms. The van der Waals surface area contributed by atoms with E-state index in [1.54, 1.807) is 24.7 Å². The number of ether oxygens (including phenoxy) is 1. The molecule has 1 fully saturated rings. The molecule has 1 aliphatic heterocycles. The van der Waals surface area contributed by atoms with Crippen LogP contribution in [-0.2, 0) is 4.74 Å². The molecule has 5 N–H and O–H groups in total. The van der Waals surface area contributed by atoms with E-state index in [9.17, 15) is 4.39 Å². The second kappa shape index (κ2) is 12.2. The highest BCUT2D eigenvalue weighted by Crippen LogP contribution is 2.22. The summed E-state index contributed by atoms with van der Waals surface area (Å²) in [4.78, 5) is 8.71. The van der Waals surface area contributed by atoms with Crippen molar-refractivity contribution in [3.05, 3.63) is 58.8 Å². The van der Waals surface area contributed by atoms with E-state index in [1.807, 2.05) is 13.0 Å². The number of hydrogen-bond acceptors (Lipinski definition) is 6. The number of hydrogen-bond donors (Lipinski definition) is 3. The summed E-state index contributed by atoms with van der Waals surface area (Å²) in [6.45, 7) is 3.83. The Balaban J connectivity index is 0.000000393. The van der Waals surface area contributed by atoms with Crippen LogP contribution in [0, 0.1) is 12.7 Å². The Kier molecular flexibility index (Phi) is 9.59. The minimum atomic E-state index is -0.301. The Morgan fingerprint density at radius 3 is 2.40 bits per heavy atom. The average Bonchev–Trinajstić information content (AvgIpc) is 3.36. The minimum absolute atomic E-state index is 0.301. The van der Waals surface area contributed by atoms with E-state index in [-0.39, 0.29) is 5.82 Å². The number of nitrogens with two attached hydrogens (primary N) is 2.